The molecule has 25 heavy (non-hydrogen) atoms. The van der Waals surface area contributed by atoms with E-state index in [1.165, 1.54) is 0 Å². The van der Waals surface area contributed by atoms with Crippen molar-refractivity contribution >= 4 is 16.9 Å². The highest BCUT2D eigenvalue weighted by atomic mass is 16.3. The largest absolute Gasteiger partial charge is 0.451 e. The Hall–Kier alpha value is -1.85. The molecule has 2 N–H and O–H groups in total. The van der Waals surface area contributed by atoms with Crippen LogP contribution in [0, 0.1) is 0 Å². The molecule has 1 fully saturated rings. The second kappa shape index (κ2) is 7.58. The molecule has 1 aromatic carbocycles. The first-order valence-corrected chi connectivity index (χ1v) is 9.14. The van der Waals surface area contributed by atoms with Gasteiger partial charge in [0.15, 0.2) is 5.76 Å². The first kappa shape index (κ1) is 18.0. The van der Waals surface area contributed by atoms with E-state index in [4.69, 9.17) is 4.42 Å². The summed E-state index contributed by atoms with van der Waals surface area (Å²) in [5.74, 6) is 0.109. The molecule has 1 aliphatic carbocycles. The Morgan fingerprint density at radius 2 is 1.88 bits per heavy atom. The van der Waals surface area contributed by atoms with E-state index < -0.39 is 5.60 Å². The summed E-state index contributed by atoms with van der Waals surface area (Å²) in [5.41, 5.74) is 0.823. The topological polar surface area (TPSA) is 65.7 Å². The lowest BCUT2D eigenvalue weighted by Gasteiger charge is -2.26. The highest BCUT2D eigenvalue weighted by Crippen LogP contribution is 2.28. The summed E-state index contributed by atoms with van der Waals surface area (Å²) in [6.45, 7) is 0.911. The first-order chi connectivity index (χ1) is 12.0. The number of aliphatic hydroxyl groups is 1. The van der Waals surface area contributed by atoms with Crippen LogP contribution in [0.15, 0.2) is 28.7 Å². The Morgan fingerprint density at radius 3 is 2.56 bits per heavy atom. The van der Waals surface area contributed by atoms with Crippen molar-refractivity contribution in [1.82, 2.24) is 10.2 Å². The lowest BCUT2D eigenvalue weighted by Crippen LogP contribution is -2.42. The van der Waals surface area contributed by atoms with Gasteiger partial charge in [-0.15, -0.1) is 0 Å². The maximum absolute atomic E-state index is 12.8. The monoisotopic (exact) mass is 344 g/mol. The van der Waals surface area contributed by atoms with E-state index in [0.717, 1.165) is 55.1 Å². The molecule has 1 amide bonds. The summed E-state index contributed by atoms with van der Waals surface area (Å²) in [6, 6.07) is 7.71. The lowest BCUT2D eigenvalue weighted by molar-refractivity contribution is 0.0243. The van der Waals surface area contributed by atoms with Crippen LogP contribution in [0.4, 0.5) is 0 Å². The fourth-order valence-electron chi connectivity index (χ4n) is 3.64. The van der Waals surface area contributed by atoms with Gasteiger partial charge in [-0.25, -0.2) is 0 Å². The normalized spacial score (nSPS) is 17.6. The molecule has 0 radical (unpaired) electrons. The second-order valence-electron chi connectivity index (χ2n) is 7.46. The SMILES string of the molecule is CN(C)Cc1c(C(=O)NCC2(O)CCCCCC2)oc2ccccc12. The van der Waals surface area contributed by atoms with Crippen molar-refractivity contribution in [2.24, 2.45) is 0 Å². The maximum Gasteiger partial charge on any atom is 0.287 e. The van der Waals surface area contributed by atoms with Crippen molar-refractivity contribution in [1.29, 1.82) is 0 Å². The fraction of sp³-hybridized carbons (Fsp3) is 0.550. The third-order valence-corrected chi connectivity index (χ3v) is 4.99. The van der Waals surface area contributed by atoms with Crippen molar-refractivity contribution in [3.05, 3.63) is 35.6 Å². The quantitative estimate of drug-likeness (QED) is 0.817. The number of hydrogen-bond donors (Lipinski definition) is 2. The average molecular weight is 344 g/mol. The van der Waals surface area contributed by atoms with Gasteiger partial charge in [-0.3, -0.25) is 4.79 Å². The van der Waals surface area contributed by atoms with Crippen molar-refractivity contribution < 1.29 is 14.3 Å². The van der Waals surface area contributed by atoms with E-state index in [1.807, 2.05) is 43.3 Å². The minimum absolute atomic E-state index is 0.245. The molecule has 0 atom stereocenters. The highest BCUT2D eigenvalue weighted by molar-refractivity contribution is 5.99. The van der Waals surface area contributed by atoms with Crippen LogP contribution in [-0.2, 0) is 6.54 Å². The van der Waals surface area contributed by atoms with E-state index in [0.29, 0.717) is 12.3 Å². The van der Waals surface area contributed by atoms with Crippen molar-refractivity contribution in [3.63, 3.8) is 0 Å². The van der Waals surface area contributed by atoms with Gasteiger partial charge in [0, 0.05) is 24.0 Å². The van der Waals surface area contributed by atoms with Crippen LogP contribution in [-0.4, -0.2) is 42.2 Å². The molecule has 0 aliphatic heterocycles. The molecule has 1 aromatic heterocycles. The predicted molar refractivity (Wildman–Crippen MR) is 98.6 cm³/mol. The zero-order chi connectivity index (χ0) is 17.9. The van der Waals surface area contributed by atoms with Crippen molar-refractivity contribution in [3.8, 4) is 0 Å². The standard InChI is InChI=1S/C20H28N2O3/c1-22(2)13-16-15-9-5-6-10-17(15)25-18(16)19(23)21-14-20(24)11-7-3-4-8-12-20/h5-6,9-10,24H,3-4,7-8,11-14H2,1-2H3,(H,21,23). The molecule has 0 unspecified atom stereocenters. The third-order valence-electron chi connectivity index (χ3n) is 4.99. The van der Waals surface area contributed by atoms with Crippen molar-refractivity contribution in [2.75, 3.05) is 20.6 Å². The minimum Gasteiger partial charge on any atom is -0.451 e. The van der Waals surface area contributed by atoms with Crippen LogP contribution in [0.5, 0.6) is 0 Å². The minimum atomic E-state index is -0.792. The first-order valence-electron chi connectivity index (χ1n) is 9.14. The Balaban J connectivity index is 1.79. The third kappa shape index (κ3) is 4.22. The molecule has 5 nitrogen and oxygen atoms in total. The predicted octanol–water partition coefficient (Wildman–Crippen LogP) is 3.31. The number of hydrogen-bond acceptors (Lipinski definition) is 4. The Kier molecular flexibility index (Phi) is 5.45. The molecule has 136 valence electrons. The van der Waals surface area contributed by atoms with E-state index >= 15 is 0 Å². The van der Waals surface area contributed by atoms with Crippen LogP contribution >= 0.6 is 0 Å². The second-order valence-corrected chi connectivity index (χ2v) is 7.46. The van der Waals surface area contributed by atoms with Gasteiger partial charge < -0.3 is 19.7 Å². The maximum atomic E-state index is 12.8. The van der Waals surface area contributed by atoms with Crippen LogP contribution in [0.1, 0.15) is 54.6 Å². The number of rotatable bonds is 5. The Morgan fingerprint density at radius 1 is 1.20 bits per heavy atom. The molecular weight excluding hydrogens is 316 g/mol. The molecule has 1 heterocycles. The van der Waals surface area contributed by atoms with Gasteiger partial charge in [-0.05, 0) is 33.0 Å². The van der Waals surface area contributed by atoms with E-state index in [-0.39, 0.29) is 12.5 Å². The smallest absolute Gasteiger partial charge is 0.287 e. The summed E-state index contributed by atoms with van der Waals surface area (Å²) in [6.07, 6.45) is 5.85. The summed E-state index contributed by atoms with van der Waals surface area (Å²) in [7, 11) is 3.94. The number of nitrogens with one attached hydrogen (secondary N) is 1. The summed E-state index contributed by atoms with van der Waals surface area (Å²) < 4.78 is 5.84. The number of benzene rings is 1. The molecule has 5 heteroatoms. The molecule has 2 aromatic rings. The molecule has 1 saturated carbocycles. The van der Waals surface area contributed by atoms with Gasteiger partial charge in [-0.2, -0.15) is 0 Å². The number of fused-ring (bicyclic) bond motifs is 1. The number of nitrogens with zero attached hydrogens (tertiary/aromatic N) is 1. The number of para-hydroxylation sites is 1. The van der Waals surface area contributed by atoms with Gasteiger partial charge in [0.05, 0.1) is 5.60 Å². The summed E-state index contributed by atoms with van der Waals surface area (Å²) in [5, 5.41) is 14.6. The molecule has 1 aliphatic rings. The van der Waals surface area contributed by atoms with Gasteiger partial charge in [0.25, 0.3) is 5.91 Å². The fourth-order valence-corrected chi connectivity index (χ4v) is 3.64. The number of carbonyl (C=O) groups is 1. The molecular formula is C20H28N2O3. The van der Waals surface area contributed by atoms with Gasteiger partial charge in [0.2, 0.25) is 0 Å². The number of furan rings is 1. The highest BCUT2D eigenvalue weighted by Gasteiger charge is 2.29. The van der Waals surface area contributed by atoms with E-state index in [9.17, 15) is 9.90 Å². The molecule has 0 bridgehead atoms. The average Bonchev–Trinajstić information content (AvgIpc) is 2.79. The summed E-state index contributed by atoms with van der Waals surface area (Å²) in [4.78, 5) is 14.8. The van der Waals surface area contributed by atoms with Gasteiger partial charge in [-0.1, -0.05) is 43.9 Å². The van der Waals surface area contributed by atoms with E-state index in [2.05, 4.69) is 5.32 Å². The van der Waals surface area contributed by atoms with E-state index in [1.54, 1.807) is 0 Å². The molecule has 3 rings (SSSR count). The van der Waals surface area contributed by atoms with Crippen LogP contribution < -0.4 is 5.32 Å². The van der Waals surface area contributed by atoms with Gasteiger partial charge >= 0.3 is 0 Å². The number of carbonyl (C=O) groups excluding carboxylic acids is 1. The van der Waals surface area contributed by atoms with Crippen LogP contribution in [0.25, 0.3) is 11.0 Å². The number of amides is 1. The van der Waals surface area contributed by atoms with Gasteiger partial charge in [0.1, 0.15) is 5.58 Å². The molecule has 0 saturated heterocycles. The lowest BCUT2D eigenvalue weighted by atomic mass is 9.94. The Labute approximate surface area is 149 Å². The van der Waals surface area contributed by atoms with Crippen molar-refractivity contribution in [2.45, 2.75) is 50.7 Å². The zero-order valence-electron chi connectivity index (χ0n) is 15.2. The Bertz CT molecular complexity index is 728. The molecule has 0 spiro atoms. The zero-order valence-corrected chi connectivity index (χ0v) is 15.2. The van der Waals surface area contributed by atoms with Crippen LogP contribution in [0.2, 0.25) is 0 Å². The van der Waals surface area contributed by atoms with Crippen LogP contribution in [0.3, 0.4) is 0 Å². The summed E-state index contributed by atoms with van der Waals surface area (Å²) >= 11 is 0.